The molecule has 29 heavy (non-hydrogen) atoms. The van der Waals surface area contributed by atoms with E-state index in [1.54, 1.807) is 14.2 Å². The van der Waals surface area contributed by atoms with Gasteiger partial charge in [-0.3, -0.25) is 9.59 Å². The molecule has 0 aliphatic rings. The molecule has 0 fully saturated rings. The molecule has 0 aliphatic carbocycles. The lowest BCUT2D eigenvalue weighted by molar-refractivity contribution is -0.134. The highest BCUT2D eigenvalue weighted by Crippen LogP contribution is 2.26. The summed E-state index contributed by atoms with van der Waals surface area (Å²) in [6.45, 7) is 3.85. The molecule has 3 rings (SSSR count). The second kappa shape index (κ2) is 8.78. The van der Waals surface area contributed by atoms with Crippen LogP contribution in [0.3, 0.4) is 0 Å². The Hall–Kier alpha value is -3.34. The molecule has 0 aliphatic heterocycles. The molecule has 0 aromatic heterocycles. The maximum Gasteiger partial charge on any atom is 0.243 e. The average molecular weight is 390 g/mol. The lowest BCUT2D eigenvalue weighted by Gasteiger charge is -2.21. The third-order valence-corrected chi connectivity index (χ3v) is 5.03. The fourth-order valence-corrected chi connectivity index (χ4v) is 3.24. The van der Waals surface area contributed by atoms with Crippen LogP contribution in [0.15, 0.2) is 60.7 Å². The quantitative estimate of drug-likeness (QED) is 0.680. The summed E-state index contributed by atoms with van der Waals surface area (Å²) in [5, 5.41) is 4.92. The van der Waals surface area contributed by atoms with E-state index in [2.05, 4.69) is 5.32 Å². The number of amides is 2. The van der Waals surface area contributed by atoms with Crippen LogP contribution in [-0.4, -0.2) is 37.4 Å². The van der Waals surface area contributed by atoms with Gasteiger partial charge in [0.25, 0.3) is 0 Å². The Bertz CT molecular complexity index is 1030. The number of carbonyl (C=O) groups is 2. The number of benzene rings is 3. The van der Waals surface area contributed by atoms with Gasteiger partial charge in [-0.25, -0.2) is 0 Å². The summed E-state index contributed by atoms with van der Waals surface area (Å²) < 4.78 is 5.26. The van der Waals surface area contributed by atoms with Gasteiger partial charge in [0.2, 0.25) is 11.8 Å². The van der Waals surface area contributed by atoms with Crippen molar-refractivity contribution in [2.75, 3.05) is 26.0 Å². The lowest BCUT2D eigenvalue weighted by Crippen LogP contribution is -2.37. The zero-order valence-electron chi connectivity index (χ0n) is 17.2. The van der Waals surface area contributed by atoms with Crippen molar-refractivity contribution in [1.82, 2.24) is 4.90 Å². The van der Waals surface area contributed by atoms with Crippen LogP contribution in [0.2, 0.25) is 0 Å². The highest BCUT2D eigenvalue weighted by atomic mass is 16.5. The van der Waals surface area contributed by atoms with Crippen LogP contribution in [-0.2, 0) is 9.59 Å². The van der Waals surface area contributed by atoms with E-state index in [0.717, 1.165) is 33.3 Å². The summed E-state index contributed by atoms with van der Waals surface area (Å²) in [6.07, 6.45) is 0. The van der Waals surface area contributed by atoms with Crippen molar-refractivity contribution in [3.63, 3.8) is 0 Å². The van der Waals surface area contributed by atoms with Crippen molar-refractivity contribution in [3.05, 3.63) is 71.8 Å². The highest BCUT2D eigenvalue weighted by Gasteiger charge is 2.21. The van der Waals surface area contributed by atoms with Crippen LogP contribution >= 0.6 is 0 Å². The molecular weight excluding hydrogens is 364 g/mol. The molecule has 2 amide bonds. The van der Waals surface area contributed by atoms with Crippen molar-refractivity contribution in [1.29, 1.82) is 0 Å². The van der Waals surface area contributed by atoms with Gasteiger partial charge in [-0.15, -0.1) is 0 Å². The number of aryl methyl sites for hydroxylation is 1. The number of anilines is 1. The molecule has 3 aromatic rings. The molecule has 1 atom stereocenters. The molecule has 0 spiro atoms. The molecule has 0 saturated heterocycles. The first-order valence-electron chi connectivity index (χ1n) is 9.56. The Morgan fingerprint density at radius 2 is 1.66 bits per heavy atom. The summed E-state index contributed by atoms with van der Waals surface area (Å²) in [6, 6.07) is 19.4. The van der Waals surface area contributed by atoms with Gasteiger partial charge in [0.05, 0.1) is 19.6 Å². The van der Waals surface area contributed by atoms with E-state index in [1.807, 2.05) is 74.5 Å². The number of ether oxygens (including phenoxy) is 1. The van der Waals surface area contributed by atoms with Crippen LogP contribution < -0.4 is 10.1 Å². The molecule has 0 bridgehead atoms. The van der Waals surface area contributed by atoms with Gasteiger partial charge in [0, 0.05) is 12.7 Å². The first-order chi connectivity index (χ1) is 13.9. The summed E-state index contributed by atoms with van der Waals surface area (Å²) in [7, 11) is 3.29. The molecule has 0 heterocycles. The molecule has 5 heteroatoms. The Balaban J connectivity index is 1.66. The number of likely N-dealkylation sites (N-methyl/N-ethyl adjacent to an activating group) is 1. The van der Waals surface area contributed by atoms with Crippen molar-refractivity contribution < 1.29 is 14.3 Å². The Morgan fingerprint density at radius 1 is 1.00 bits per heavy atom. The number of rotatable bonds is 6. The number of methoxy groups -OCH3 is 1. The van der Waals surface area contributed by atoms with Gasteiger partial charge >= 0.3 is 0 Å². The summed E-state index contributed by atoms with van der Waals surface area (Å²) >= 11 is 0. The normalized spacial score (nSPS) is 11.7. The van der Waals surface area contributed by atoms with Crippen LogP contribution in [0.4, 0.5) is 5.69 Å². The van der Waals surface area contributed by atoms with Crippen molar-refractivity contribution in [3.8, 4) is 5.75 Å². The number of fused-ring (bicyclic) bond motifs is 1. The summed E-state index contributed by atoms with van der Waals surface area (Å²) in [5.74, 6) is 0.131. The standard InChI is InChI=1S/C24H26N2O3/c1-16-5-10-21(11-6-16)25-23(27)15-26(3)24(28)17(2)18-7-8-20-14-22(29-4)12-9-19(20)13-18/h5-14,17H,15H2,1-4H3,(H,25,27). The maximum absolute atomic E-state index is 12.8. The molecule has 0 saturated carbocycles. The van der Waals surface area contributed by atoms with Gasteiger partial charge in [0.15, 0.2) is 0 Å². The molecule has 5 nitrogen and oxygen atoms in total. The van der Waals surface area contributed by atoms with Crippen molar-refractivity contribution in [2.24, 2.45) is 0 Å². The van der Waals surface area contributed by atoms with Crippen LogP contribution in [0, 0.1) is 6.92 Å². The first-order valence-corrected chi connectivity index (χ1v) is 9.56. The van der Waals surface area contributed by atoms with Crippen LogP contribution in [0.5, 0.6) is 5.75 Å². The van der Waals surface area contributed by atoms with E-state index in [0.29, 0.717) is 0 Å². The van der Waals surface area contributed by atoms with E-state index in [1.165, 1.54) is 4.90 Å². The average Bonchev–Trinajstić information content (AvgIpc) is 2.73. The van der Waals surface area contributed by atoms with E-state index < -0.39 is 0 Å². The predicted octanol–water partition coefficient (Wildman–Crippen LogP) is 4.36. The lowest BCUT2D eigenvalue weighted by atomic mass is 9.96. The summed E-state index contributed by atoms with van der Waals surface area (Å²) in [4.78, 5) is 26.6. The topological polar surface area (TPSA) is 58.6 Å². The Kier molecular flexibility index (Phi) is 6.17. The minimum atomic E-state index is -0.348. The highest BCUT2D eigenvalue weighted by molar-refractivity contribution is 5.95. The van der Waals surface area contributed by atoms with Gasteiger partial charge in [0.1, 0.15) is 5.75 Å². The minimum absolute atomic E-state index is 0.00182. The van der Waals surface area contributed by atoms with Crippen LogP contribution in [0.25, 0.3) is 10.8 Å². The Morgan fingerprint density at radius 3 is 2.34 bits per heavy atom. The molecular formula is C24H26N2O3. The van der Waals surface area contributed by atoms with Gasteiger partial charge < -0.3 is 15.0 Å². The van der Waals surface area contributed by atoms with Gasteiger partial charge in [-0.1, -0.05) is 42.0 Å². The number of hydrogen-bond acceptors (Lipinski definition) is 3. The SMILES string of the molecule is COc1ccc2cc(C(C)C(=O)N(C)CC(=O)Nc3ccc(C)cc3)ccc2c1. The fourth-order valence-electron chi connectivity index (χ4n) is 3.24. The second-order valence-electron chi connectivity index (χ2n) is 7.30. The van der Waals surface area contributed by atoms with E-state index >= 15 is 0 Å². The number of hydrogen-bond donors (Lipinski definition) is 1. The van der Waals surface area contributed by atoms with E-state index in [-0.39, 0.29) is 24.3 Å². The molecule has 3 aromatic carbocycles. The van der Waals surface area contributed by atoms with Crippen molar-refractivity contribution in [2.45, 2.75) is 19.8 Å². The fraction of sp³-hybridized carbons (Fsp3) is 0.250. The molecule has 150 valence electrons. The van der Waals surface area contributed by atoms with Crippen LogP contribution in [0.1, 0.15) is 24.0 Å². The largest absolute Gasteiger partial charge is 0.497 e. The number of carbonyl (C=O) groups excluding carboxylic acids is 2. The number of nitrogens with one attached hydrogen (secondary N) is 1. The van der Waals surface area contributed by atoms with Gasteiger partial charge in [-0.05, 0) is 54.4 Å². The molecule has 1 N–H and O–H groups in total. The third-order valence-electron chi connectivity index (χ3n) is 5.03. The zero-order chi connectivity index (χ0) is 21.0. The Labute approximate surface area is 171 Å². The number of nitrogens with zero attached hydrogens (tertiary/aromatic N) is 1. The third kappa shape index (κ3) is 4.93. The van der Waals surface area contributed by atoms with Crippen molar-refractivity contribution >= 4 is 28.3 Å². The smallest absolute Gasteiger partial charge is 0.243 e. The first kappa shape index (κ1) is 20.4. The molecule has 1 unspecified atom stereocenters. The second-order valence-corrected chi connectivity index (χ2v) is 7.30. The van der Waals surface area contributed by atoms with E-state index in [4.69, 9.17) is 4.74 Å². The predicted molar refractivity (Wildman–Crippen MR) is 116 cm³/mol. The summed E-state index contributed by atoms with van der Waals surface area (Å²) in [5.41, 5.74) is 2.76. The maximum atomic E-state index is 12.8. The zero-order valence-corrected chi connectivity index (χ0v) is 17.2. The molecule has 0 radical (unpaired) electrons. The minimum Gasteiger partial charge on any atom is -0.497 e. The van der Waals surface area contributed by atoms with Gasteiger partial charge in [-0.2, -0.15) is 0 Å². The monoisotopic (exact) mass is 390 g/mol. The van der Waals surface area contributed by atoms with E-state index in [9.17, 15) is 9.59 Å².